The molecule has 5 aromatic carbocycles. The molecule has 5 heteroatoms. The average Bonchev–Trinajstić information content (AvgIpc) is 3.23. The Morgan fingerprint density at radius 1 is 0.308 bits per heavy atom. The van der Waals surface area contributed by atoms with Gasteiger partial charge in [0.05, 0.1) is 45.0 Å². The molecule has 52 heavy (non-hydrogen) atoms. The smallest absolute Gasteiger partial charge is 0.0978 e. The average molecular weight is 664 g/mol. The van der Waals surface area contributed by atoms with Crippen LogP contribution in [0.25, 0.3) is 99.8 Å². The van der Waals surface area contributed by atoms with E-state index in [-0.39, 0.29) is 0 Å². The summed E-state index contributed by atoms with van der Waals surface area (Å²) in [4.78, 5) is 24.6. The lowest BCUT2D eigenvalue weighted by Crippen LogP contribution is -1.94. The zero-order chi connectivity index (χ0) is 34.4. The van der Waals surface area contributed by atoms with Crippen molar-refractivity contribution in [1.29, 1.82) is 0 Å². The van der Waals surface area contributed by atoms with Gasteiger partial charge < -0.3 is 0 Å². The monoisotopic (exact) mass is 663 g/mol. The Morgan fingerprint density at radius 2 is 0.942 bits per heavy atom. The fraction of sp³-hybridized carbons (Fsp3) is 0. The second-order valence-corrected chi connectivity index (χ2v) is 12.9. The van der Waals surface area contributed by atoms with Crippen molar-refractivity contribution in [2.24, 2.45) is 0 Å². The second kappa shape index (κ2) is 12.3. The molecule has 5 aromatic heterocycles. The number of nitrogens with zero attached hydrogens (tertiary/aromatic N) is 5. The van der Waals surface area contributed by atoms with Gasteiger partial charge in [0, 0.05) is 39.7 Å². The molecule has 5 nitrogen and oxygen atoms in total. The summed E-state index contributed by atoms with van der Waals surface area (Å²) in [7, 11) is 0. The van der Waals surface area contributed by atoms with E-state index in [1.54, 1.807) is 12.4 Å². The van der Waals surface area contributed by atoms with Crippen LogP contribution in [0.1, 0.15) is 0 Å². The third-order valence-electron chi connectivity index (χ3n) is 9.72. The zero-order valence-electron chi connectivity index (χ0n) is 28.0. The zero-order valence-corrected chi connectivity index (χ0v) is 28.0. The molecule has 0 saturated heterocycles. The van der Waals surface area contributed by atoms with Crippen LogP contribution in [0, 0.1) is 0 Å². The number of benzene rings is 5. The third kappa shape index (κ3) is 5.24. The lowest BCUT2D eigenvalue weighted by atomic mass is 9.95. The van der Waals surface area contributed by atoms with Crippen molar-refractivity contribution in [1.82, 2.24) is 24.9 Å². The molecule has 0 unspecified atom stereocenters. The Balaban J connectivity index is 1.08. The highest BCUT2D eigenvalue weighted by Gasteiger charge is 2.15. The Hall–Kier alpha value is -7.11. The first-order valence-corrected chi connectivity index (χ1v) is 17.3. The van der Waals surface area contributed by atoms with Crippen LogP contribution in [0.2, 0.25) is 0 Å². The van der Waals surface area contributed by atoms with E-state index in [4.69, 9.17) is 15.0 Å². The molecule has 0 fully saturated rings. The van der Waals surface area contributed by atoms with Gasteiger partial charge >= 0.3 is 0 Å². The van der Waals surface area contributed by atoms with Gasteiger partial charge in [-0.15, -0.1) is 0 Å². The quantitative estimate of drug-likeness (QED) is 0.135. The van der Waals surface area contributed by atoms with Crippen LogP contribution in [0.3, 0.4) is 0 Å². The van der Waals surface area contributed by atoms with E-state index in [0.29, 0.717) is 0 Å². The number of hydrogen-bond acceptors (Lipinski definition) is 5. The molecule has 0 atom stereocenters. The third-order valence-corrected chi connectivity index (χ3v) is 9.72. The summed E-state index contributed by atoms with van der Waals surface area (Å²) in [6.07, 6.45) is 3.59. The molecule has 0 radical (unpaired) electrons. The van der Waals surface area contributed by atoms with Crippen LogP contribution < -0.4 is 0 Å². The second-order valence-electron chi connectivity index (χ2n) is 12.9. The van der Waals surface area contributed by atoms with Gasteiger partial charge in [-0.25, -0.2) is 15.0 Å². The van der Waals surface area contributed by atoms with Crippen molar-refractivity contribution >= 4 is 43.5 Å². The van der Waals surface area contributed by atoms with Crippen molar-refractivity contribution in [3.05, 3.63) is 176 Å². The Morgan fingerprint density at radius 3 is 1.67 bits per heavy atom. The van der Waals surface area contributed by atoms with Crippen molar-refractivity contribution in [2.75, 3.05) is 0 Å². The Labute approximate surface area is 300 Å². The minimum absolute atomic E-state index is 0.808. The molecule has 0 aliphatic heterocycles. The number of para-hydroxylation sites is 1. The predicted molar refractivity (Wildman–Crippen MR) is 213 cm³/mol. The molecular weight excluding hydrogens is 635 g/mol. The molecule has 0 saturated carbocycles. The number of fused-ring (bicyclic) bond motifs is 5. The molecule has 10 rings (SSSR count). The van der Waals surface area contributed by atoms with Gasteiger partial charge in [0.1, 0.15) is 0 Å². The van der Waals surface area contributed by atoms with Crippen molar-refractivity contribution in [3.8, 4) is 56.3 Å². The van der Waals surface area contributed by atoms with Crippen LogP contribution in [0.4, 0.5) is 0 Å². The van der Waals surface area contributed by atoms with Gasteiger partial charge in [-0.1, -0.05) is 103 Å². The first-order chi connectivity index (χ1) is 25.7. The van der Waals surface area contributed by atoms with Crippen LogP contribution in [0.15, 0.2) is 176 Å². The maximum absolute atomic E-state index is 5.28. The summed E-state index contributed by atoms with van der Waals surface area (Å²) in [5, 5.41) is 5.58. The maximum Gasteiger partial charge on any atom is 0.0978 e. The number of aromatic nitrogens is 5. The molecule has 0 N–H and O–H groups in total. The van der Waals surface area contributed by atoms with Gasteiger partial charge in [-0.05, 0) is 88.1 Å². The van der Waals surface area contributed by atoms with E-state index in [1.165, 1.54) is 11.1 Å². The molecule has 0 bridgehead atoms. The molecule has 242 valence electrons. The summed E-state index contributed by atoms with van der Waals surface area (Å²) in [6.45, 7) is 0. The maximum atomic E-state index is 5.28. The molecule has 0 amide bonds. The first-order valence-electron chi connectivity index (χ1n) is 17.3. The SMILES string of the molecule is c1ccc(-c2c3ccccc3nc3c2ccc2ccc(-c4ccc5cc(-c6cc(-c7ccccn7)nc(-c7ccccn7)c6)ccc5c4)nc23)cc1. The Bertz CT molecular complexity index is 2890. The van der Waals surface area contributed by atoms with Crippen LogP contribution >= 0.6 is 0 Å². The van der Waals surface area contributed by atoms with Crippen molar-refractivity contribution in [3.63, 3.8) is 0 Å². The van der Waals surface area contributed by atoms with E-state index in [1.807, 2.05) is 42.5 Å². The summed E-state index contributed by atoms with van der Waals surface area (Å²) < 4.78 is 0. The topological polar surface area (TPSA) is 64.5 Å². The highest BCUT2D eigenvalue weighted by Crippen LogP contribution is 2.38. The normalized spacial score (nSPS) is 11.5. The number of hydrogen-bond donors (Lipinski definition) is 0. The van der Waals surface area contributed by atoms with E-state index in [0.717, 1.165) is 88.6 Å². The van der Waals surface area contributed by atoms with Crippen LogP contribution in [0.5, 0.6) is 0 Å². The van der Waals surface area contributed by atoms with E-state index < -0.39 is 0 Å². The van der Waals surface area contributed by atoms with Crippen molar-refractivity contribution in [2.45, 2.75) is 0 Å². The van der Waals surface area contributed by atoms with Gasteiger partial charge in [0.25, 0.3) is 0 Å². The fourth-order valence-corrected chi connectivity index (χ4v) is 7.19. The van der Waals surface area contributed by atoms with E-state index >= 15 is 0 Å². The minimum Gasteiger partial charge on any atom is -0.255 e. The van der Waals surface area contributed by atoms with Crippen molar-refractivity contribution < 1.29 is 0 Å². The Kier molecular flexibility index (Phi) is 7.07. The van der Waals surface area contributed by atoms with Gasteiger partial charge in [-0.2, -0.15) is 0 Å². The van der Waals surface area contributed by atoms with E-state index in [2.05, 4.69) is 131 Å². The molecule has 5 heterocycles. The summed E-state index contributed by atoms with van der Waals surface area (Å²) in [6, 6.07) is 56.7. The first kappa shape index (κ1) is 29.8. The molecular formula is C47H29N5. The molecule has 0 aliphatic carbocycles. The van der Waals surface area contributed by atoms with Gasteiger partial charge in [0.15, 0.2) is 0 Å². The fourth-order valence-electron chi connectivity index (χ4n) is 7.19. The number of pyridine rings is 5. The standard InChI is InChI=1S/C47H29N5/c1-2-10-30(11-3-1)45-37-12-4-5-13-40(37)52-47-38(45)22-20-31-21-23-39(51-46(31)47)35-19-18-32-26-34(17-16-33(32)27-35)36-28-43(41-14-6-8-24-48-41)50-44(29-36)42-15-7-9-25-49-42/h1-29H. The molecule has 0 aliphatic rings. The molecule has 0 spiro atoms. The lowest BCUT2D eigenvalue weighted by Gasteiger charge is -2.13. The predicted octanol–water partition coefficient (Wildman–Crippen LogP) is 11.6. The number of rotatable bonds is 5. The molecule has 10 aromatic rings. The summed E-state index contributed by atoms with van der Waals surface area (Å²) in [5.41, 5.74) is 12.5. The largest absolute Gasteiger partial charge is 0.255 e. The van der Waals surface area contributed by atoms with Gasteiger partial charge in [0.2, 0.25) is 0 Å². The highest BCUT2D eigenvalue weighted by atomic mass is 14.8. The highest BCUT2D eigenvalue weighted by molar-refractivity contribution is 6.16. The van der Waals surface area contributed by atoms with Gasteiger partial charge in [-0.3, -0.25) is 9.97 Å². The summed E-state index contributed by atoms with van der Waals surface area (Å²) >= 11 is 0. The van der Waals surface area contributed by atoms with E-state index in [9.17, 15) is 0 Å². The minimum atomic E-state index is 0.808. The lowest BCUT2D eigenvalue weighted by molar-refractivity contribution is 1.22. The summed E-state index contributed by atoms with van der Waals surface area (Å²) in [5.74, 6) is 0. The van der Waals surface area contributed by atoms with Crippen LogP contribution in [-0.2, 0) is 0 Å². The van der Waals surface area contributed by atoms with Crippen LogP contribution in [-0.4, -0.2) is 24.9 Å².